The second kappa shape index (κ2) is 6.26. The van der Waals surface area contributed by atoms with Crippen molar-refractivity contribution in [1.29, 1.82) is 5.26 Å². The Kier molecular flexibility index (Phi) is 4.59. The largest absolute Gasteiger partial charge is 0.495 e. The third kappa shape index (κ3) is 3.32. The zero-order valence-electron chi connectivity index (χ0n) is 11.9. The van der Waals surface area contributed by atoms with Gasteiger partial charge in [-0.1, -0.05) is 17.7 Å². The second-order valence-corrected chi connectivity index (χ2v) is 6.61. The van der Waals surface area contributed by atoms with E-state index in [9.17, 15) is 8.42 Å². The van der Waals surface area contributed by atoms with Crippen LogP contribution in [0.2, 0.25) is 5.02 Å². The number of aryl methyl sites for hydroxylation is 1. The van der Waals surface area contributed by atoms with Crippen LogP contribution in [-0.4, -0.2) is 15.5 Å². The molecule has 5 nitrogen and oxygen atoms in total. The molecule has 0 aromatic heterocycles. The van der Waals surface area contributed by atoms with Gasteiger partial charge in [0, 0.05) is 0 Å². The number of nitrogens with zero attached hydrogens (tertiary/aromatic N) is 1. The number of hydrogen-bond acceptors (Lipinski definition) is 4. The maximum atomic E-state index is 12.5. The summed E-state index contributed by atoms with van der Waals surface area (Å²) in [7, 11) is -2.36. The van der Waals surface area contributed by atoms with E-state index in [0.29, 0.717) is 22.6 Å². The summed E-state index contributed by atoms with van der Waals surface area (Å²) in [5.74, 6) is 0.407. The molecule has 0 radical (unpaired) electrons. The van der Waals surface area contributed by atoms with Crippen LogP contribution in [-0.2, 0) is 10.0 Å². The van der Waals surface area contributed by atoms with E-state index in [-0.39, 0.29) is 9.92 Å². The molecule has 2 aromatic rings. The molecule has 0 aliphatic heterocycles. The number of rotatable bonds is 4. The van der Waals surface area contributed by atoms with Gasteiger partial charge in [-0.15, -0.1) is 0 Å². The number of nitriles is 1. The van der Waals surface area contributed by atoms with Gasteiger partial charge >= 0.3 is 0 Å². The Balaban J connectivity index is 2.43. The minimum Gasteiger partial charge on any atom is -0.495 e. The van der Waals surface area contributed by atoms with Crippen molar-refractivity contribution < 1.29 is 13.2 Å². The van der Waals surface area contributed by atoms with Crippen molar-refractivity contribution in [3.63, 3.8) is 0 Å². The molecule has 0 spiro atoms. The molecule has 0 aliphatic carbocycles. The highest BCUT2D eigenvalue weighted by molar-refractivity contribution is 7.92. The summed E-state index contributed by atoms with van der Waals surface area (Å²) in [6, 6.07) is 11.1. The van der Waals surface area contributed by atoms with Crippen LogP contribution >= 0.6 is 11.6 Å². The minimum absolute atomic E-state index is 0.0562. The monoisotopic (exact) mass is 336 g/mol. The molecule has 0 saturated carbocycles. The Hall–Kier alpha value is -2.23. The van der Waals surface area contributed by atoms with Crippen LogP contribution in [0.3, 0.4) is 0 Å². The predicted octanol–water partition coefficient (Wildman–Crippen LogP) is 3.33. The summed E-state index contributed by atoms with van der Waals surface area (Å²) in [4.78, 5) is 0.0562. The Labute approximate surface area is 134 Å². The molecule has 2 aromatic carbocycles. The van der Waals surface area contributed by atoms with Gasteiger partial charge in [0.1, 0.15) is 5.75 Å². The molecule has 0 fully saturated rings. The maximum Gasteiger partial charge on any atom is 0.262 e. The van der Waals surface area contributed by atoms with Gasteiger partial charge in [-0.25, -0.2) is 8.42 Å². The van der Waals surface area contributed by atoms with Crippen molar-refractivity contribution in [2.75, 3.05) is 11.8 Å². The molecule has 0 aliphatic rings. The van der Waals surface area contributed by atoms with Crippen LogP contribution in [0.4, 0.5) is 5.69 Å². The van der Waals surface area contributed by atoms with E-state index in [1.807, 2.05) is 6.07 Å². The SMILES string of the molecule is COc1cc(C)c(S(=O)(=O)Nc2cccc(C#N)c2)cc1Cl. The molecule has 114 valence electrons. The molecule has 0 unspecified atom stereocenters. The number of benzene rings is 2. The van der Waals surface area contributed by atoms with E-state index in [1.54, 1.807) is 31.2 Å². The lowest BCUT2D eigenvalue weighted by Crippen LogP contribution is -2.14. The fourth-order valence-electron chi connectivity index (χ4n) is 1.95. The molecule has 1 N–H and O–H groups in total. The number of ether oxygens (including phenoxy) is 1. The number of anilines is 1. The molecule has 0 saturated heterocycles. The Morgan fingerprint density at radius 1 is 1.27 bits per heavy atom. The van der Waals surface area contributed by atoms with Gasteiger partial charge in [-0.2, -0.15) is 5.26 Å². The second-order valence-electron chi connectivity index (χ2n) is 4.55. The first-order valence-electron chi connectivity index (χ1n) is 6.24. The molecule has 22 heavy (non-hydrogen) atoms. The fraction of sp³-hybridized carbons (Fsp3) is 0.133. The molecule has 0 heterocycles. The van der Waals surface area contributed by atoms with E-state index in [4.69, 9.17) is 21.6 Å². The summed E-state index contributed by atoms with van der Waals surface area (Å²) in [6.07, 6.45) is 0. The average molecular weight is 337 g/mol. The lowest BCUT2D eigenvalue weighted by molar-refractivity contribution is 0.414. The van der Waals surface area contributed by atoms with E-state index in [0.717, 1.165) is 0 Å². The van der Waals surface area contributed by atoms with E-state index in [1.165, 1.54) is 19.2 Å². The summed E-state index contributed by atoms with van der Waals surface area (Å²) in [5.41, 5.74) is 1.18. The Morgan fingerprint density at radius 2 is 2.00 bits per heavy atom. The standard InChI is InChI=1S/C15H13ClN2O3S/c1-10-6-14(21-2)13(16)8-15(10)22(19,20)18-12-5-3-4-11(7-12)9-17/h3-8,18H,1-2H3. The van der Waals surface area contributed by atoms with Gasteiger partial charge in [-0.05, 0) is 42.8 Å². The van der Waals surface area contributed by atoms with Gasteiger partial charge in [0.2, 0.25) is 0 Å². The van der Waals surface area contributed by atoms with Crippen LogP contribution < -0.4 is 9.46 Å². The van der Waals surface area contributed by atoms with Gasteiger partial charge in [0.25, 0.3) is 10.0 Å². The van der Waals surface area contributed by atoms with Gasteiger partial charge in [-0.3, -0.25) is 4.72 Å². The van der Waals surface area contributed by atoms with Crippen molar-refractivity contribution in [3.8, 4) is 11.8 Å². The molecule has 0 bridgehead atoms. The number of sulfonamides is 1. The molecular formula is C15H13ClN2O3S. The van der Waals surface area contributed by atoms with Crippen LogP contribution in [0, 0.1) is 18.3 Å². The molecule has 0 amide bonds. The van der Waals surface area contributed by atoms with E-state index >= 15 is 0 Å². The number of hydrogen-bond donors (Lipinski definition) is 1. The molecule has 7 heteroatoms. The topological polar surface area (TPSA) is 79.2 Å². The highest BCUT2D eigenvalue weighted by Crippen LogP contribution is 2.31. The first kappa shape index (κ1) is 16.1. The minimum atomic E-state index is -3.82. The Morgan fingerprint density at radius 3 is 2.64 bits per heavy atom. The van der Waals surface area contributed by atoms with E-state index < -0.39 is 10.0 Å². The first-order valence-corrected chi connectivity index (χ1v) is 8.10. The zero-order chi connectivity index (χ0) is 16.3. The van der Waals surface area contributed by atoms with Crippen LogP contribution in [0.1, 0.15) is 11.1 Å². The fourth-order valence-corrected chi connectivity index (χ4v) is 3.55. The lowest BCUT2D eigenvalue weighted by atomic mass is 10.2. The third-order valence-electron chi connectivity index (χ3n) is 2.98. The first-order chi connectivity index (χ1) is 10.4. The average Bonchev–Trinajstić information content (AvgIpc) is 2.48. The van der Waals surface area contributed by atoms with Crippen molar-refractivity contribution >= 4 is 27.3 Å². The summed E-state index contributed by atoms with van der Waals surface area (Å²) in [6.45, 7) is 1.65. The molecule has 0 atom stereocenters. The summed E-state index contributed by atoms with van der Waals surface area (Å²) >= 11 is 6.00. The highest BCUT2D eigenvalue weighted by Gasteiger charge is 2.19. The van der Waals surface area contributed by atoms with Crippen LogP contribution in [0.15, 0.2) is 41.3 Å². The van der Waals surface area contributed by atoms with Crippen molar-refractivity contribution in [2.45, 2.75) is 11.8 Å². The molecular weight excluding hydrogens is 324 g/mol. The summed E-state index contributed by atoms with van der Waals surface area (Å²) < 4.78 is 32.5. The summed E-state index contributed by atoms with van der Waals surface area (Å²) in [5, 5.41) is 9.06. The Bertz CT molecular complexity index is 858. The normalized spacial score (nSPS) is 10.8. The number of nitrogens with one attached hydrogen (secondary N) is 1. The predicted molar refractivity (Wildman–Crippen MR) is 84.7 cm³/mol. The third-order valence-corrected chi connectivity index (χ3v) is 4.80. The van der Waals surface area contributed by atoms with Gasteiger partial charge in [0.05, 0.1) is 34.3 Å². The van der Waals surface area contributed by atoms with Crippen molar-refractivity contribution in [1.82, 2.24) is 0 Å². The van der Waals surface area contributed by atoms with Crippen LogP contribution in [0.5, 0.6) is 5.75 Å². The smallest absolute Gasteiger partial charge is 0.262 e. The van der Waals surface area contributed by atoms with Gasteiger partial charge in [0.15, 0.2) is 0 Å². The van der Waals surface area contributed by atoms with Gasteiger partial charge < -0.3 is 4.74 Å². The highest BCUT2D eigenvalue weighted by atomic mass is 35.5. The number of methoxy groups -OCH3 is 1. The molecule has 2 rings (SSSR count). The number of halogens is 1. The maximum absolute atomic E-state index is 12.5. The lowest BCUT2D eigenvalue weighted by Gasteiger charge is -2.12. The van der Waals surface area contributed by atoms with Crippen molar-refractivity contribution in [2.24, 2.45) is 0 Å². The quantitative estimate of drug-likeness (QED) is 0.928. The van der Waals surface area contributed by atoms with Crippen molar-refractivity contribution in [3.05, 3.63) is 52.5 Å². The van der Waals surface area contributed by atoms with E-state index in [2.05, 4.69) is 4.72 Å². The van der Waals surface area contributed by atoms with Crippen LogP contribution in [0.25, 0.3) is 0 Å². The zero-order valence-corrected chi connectivity index (χ0v) is 13.5.